The second-order valence-electron chi connectivity index (χ2n) is 11.7. The Morgan fingerprint density at radius 3 is 2.44 bits per heavy atom. The molecule has 3 saturated heterocycles. The number of likely N-dealkylation sites (tertiary alicyclic amines) is 1. The van der Waals surface area contributed by atoms with Gasteiger partial charge < -0.3 is 29.3 Å². The van der Waals surface area contributed by atoms with Crippen LogP contribution in [0.5, 0.6) is 5.75 Å². The van der Waals surface area contributed by atoms with Crippen LogP contribution >= 0.6 is 11.6 Å². The number of benzene rings is 2. The summed E-state index contributed by atoms with van der Waals surface area (Å²) in [7, 11) is 0. The minimum absolute atomic E-state index is 0.0501. The van der Waals surface area contributed by atoms with E-state index < -0.39 is 29.6 Å². The number of nitrogens with zero attached hydrogens (tertiary/aromatic N) is 3. The van der Waals surface area contributed by atoms with Gasteiger partial charge in [0.1, 0.15) is 17.4 Å². The van der Waals surface area contributed by atoms with E-state index in [1.54, 1.807) is 51.1 Å². The second-order valence-corrected chi connectivity index (χ2v) is 12.1. The summed E-state index contributed by atoms with van der Waals surface area (Å²) in [6.07, 6.45) is 5.71. The summed E-state index contributed by atoms with van der Waals surface area (Å²) in [5.74, 6) is -1.68. The molecule has 5 rings (SSSR count). The number of aliphatic hydroxyl groups excluding tert-OH is 1. The number of hydrogen-bond acceptors (Lipinski definition) is 6. The van der Waals surface area contributed by atoms with Gasteiger partial charge in [0.05, 0.1) is 35.3 Å². The highest BCUT2D eigenvalue weighted by molar-refractivity contribution is 6.34. The van der Waals surface area contributed by atoms with Crippen LogP contribution in [-0.4, -0.2) is 78.3 Å². The Labute approximate surface area is 270 Å². The van der Waals surface area contributed by atoms with Gasteiger partial charge in [0.15, 0.2) is 0 Å². The molecule has 5 atom stereocenters. The van der Waals surface area contributed by atoms with E-state index in [4.69, 9.17) is 21.1 Å². The molecule has 1 N–H and O–H groups in total. The number of unbranched alkanes of at least 4 members (excludes halogenated alkanes) is 2. The molecule has 3 fully saturated rings. The average Bonchev–Trinajstić information content (AvgIpc) is 3.68. The fourth-order valence-electron chi connectivity index (χ4n) is 7.30. The summed E-state index contributed by atoms with van der Waals surface area (Å²) in [6.45, 7) is 10.9. The molecule has 2 aromatic carbocycles. The Morgan fingerprint density at radius 1 is 1.07 bits per heavy atom. The minimum atomic E-state index is -1.16. The number of carbonyl (C=O) groups excluding carboxylic acids is 3. The van der Waals surface area contributed by atoms with Crippen molar-refractivity contribution in [3.8, 4) is 5.75 Å². The molecular formula is C35H42ClN3O6. The number of anilines is 2. The Hall–Kier alpha value is -3.66. The summed E-state index contributed by atoms with van der Waals surface area (Å²) in [6, 6.07) is 13.4. The summed E-state index contributed by atoms with van der Waals surface area (Å²) in [5.41, 5.74) is 0.0228. The van der Waals surface area contributed by atoms with Crippen LogP contribution < -0.4 is 14.5 Å². The Balaban J connectivity index is 1.52. The van der Waals surface area contributed by atoms with Gasteiger partial charge in [0.25, 0.3) is 5.91 Å². The minimum Gasteiger partial charge on any atom is -0.494 e. The van der Waals surface area contributed by atoms with Crippen LogP contribution in [0.3, 0.4) is 0 Å². The standard InChI is InChI=1S/C35H42ClN3O6/c1-4-20-37(24-14-16-25(17-15-24)44-6-3)32(41)29-28-18-19-35(45-28)30(29)33(42)39(22-10-7-11-23-40)31(35)34(43)38(21-5-2)27-13-9-8-12-26(27)36/h4-5,8-9,12-17,28-31,40H,1-2,6-7,10-11,18-23H2,3H3/t28-,29+,30-,31?,35?/m0/s1. The predicted molar refractivity (Wildman–Crippen MR) is 174 cm³/mol. The van der Waals surface area contributed by atoms with Gasteiger partial charge in [0.2, 0.25) is 11.8 Å². The lowest BCUT2D eigenvalue weighted by atomic mass is 9.70. The van der Waals surface area contributed by atoms with Crippen LogP contribution in [0.15, 0.2) is 73.8 Å². The van der Waals surface area contributed by atoms with Gasteiger partial charge in [-0.1, -0.05) is 35.9 Å². The maximum atomic E-state index is 14.7. The molecule has 3 aliphatic rings. The van der Waals surface area contributed by atoms with Crippen LogP contribution in [0.2, 0.25) is 5.02 Å². The van der Waals surface area contributed by atoms with E-state index in [1.165, 1.54) is 0 Å². The SMILES string of the molecule is C=CCN(C(=O)[C@@H]1[C@@H]2CCC3(O2)C(C(=O)N(CC=C)c2ccccc2Cl)N(CCCCCO)C(=O)[C@H]13)c1ccc(OCC)cc1. The van der Waals surface area contributed by atoms with Crippen LogP contribution in [0.25, 0.3) is 0 Å². The first-order valence-corrected chi connectivity index (χ1v) is 16.1. The van der Waals surface area contributed by atoms with Crippen molar-refractivity contribution < 1.29 is 29.0 Å². The van der Waals surface area contributed by atoms with E-state index in [9.17, 15) is 19.5 Å². The number of amides is 3. The highest BCUT2D eigenvalue weighted by atomic mass is 35.5. The molecule has 2 unspecified atom stereocenters. The summed E-state index contributed by atoms with van der Waals surface area (Å²) < 4.78 is 12.3. The molecule has 2 bridgehead atoms. The lowest BCUT2D eigenvalue weighted by Gasteiger charge is -2.37. The van der Waals surface area contributed by atoms with Crippen molar-refractivity contribution in [3.63, 3.8) is 0 Å². The largest absolute Gasteiger partial charge is 0.494 e. The molecule has 1 spiro atoms. The van der Waals surface area contributed by atoms with Crippen molar-refractivity contribution >= 4 is 40.7 Å². The molecule has 0 aromatic heterocycles. The molecule has 3 aliphatic heterocycles. The van der Waals surface area contributed by atoms with E-state index in [0.717, 1.165) is 0 Å². The van der Waals surface area contributed by atoms with Gasteiger partial charge in [-0.25, -0.2) is 0 Å². The zero-order valence-corrected chi connectivity index (χ0v) is 26.5. The molecule has 10 heteroatoms. The highest BCUT2D eigenvalue weighted by Gasteiger charge is 2.75. The second kappa shape index (κ2) is 14.2. The number of para-hydroxylation sites is 1. The fraction of sp³-hybridized carbons (Fsp3) is 0.457. The number of halogens is 1. The first-order chi connectivity index (χ1) is 21.8. The van der Waals surface area contributed by atoms with Gasteiger partial charge in [-0.3, -0.25) is 14.4 Å². The number of carbonyl (C=O) groups is 3. The van der Waals surface area contributed by atoms with E-state index >= 15 is 0 Å². The normalized spacial score (nSPS) is 24.8. The molecular weight excluding hydrogens is 594 g/mol. The van der Waals surface area contributed by atoms with Crippen molar-refractivity contribution in [1.82, 2.24) is 4.90 Å². The maximum Gasteiger partial charge on any atom is 0.253 e. The van der Waals surface area contributed by atoms with Crippen molar-refractivity contribution in [2.75, 3.05) is 42.6 Å². The number of ether oxygens (including phenoxy) is 2. The molecule has 2 aromatic rings. The lowest BCUT2D eigenvalue weighted by Crippen LogP contribution is -2.56. The molecule has 0 aliphatic carbocycles. The van der Waals surface area contributed by atoms with Crippen molar-refractivity contribution in [1.29, 1.82) is 0 Å². The van der Waals surface area contributed by atoms with Gasteiger partial charge in [-0.05, 0) is 75.4 Å². The molecule has 0 radical (unpaired) electrons. The van der Waals surface area contributed by atoms with Crippen molar-refractivity contribution in [3.05, 3.63) is 78.9 Å². The zero-order chi connectivity index (χ0) is 32.1. The lowest BCUT2D eigenvalue weighted by molar-refractivity contribution is -0.140. The molecule has 0 saturated carbocycles. The number of fused-ring (bicyclic) bond motifs is 1. The Morgan fingerprint density at radius 2 is 1.78 bits per heavy atom. The third-order valence-corrected chi connectivity index (χ3v) is 9.45. The average molecular weight is 636 g/mol. The van der Waals surface area contributed by atoms with E-state index in [-0.39, 0.29) is 37.4 Å². The topological polar surface area (TPSA) is 99.6 Å². The Bertz CT molecular complexity index is 1420. The number of hydrogen-bond donors (Lipinski definition) is 1. The third-order valence-electron chi connectivity index (χ3n) is 9.13. The molecule has 3 heterocycles. The predicted octanol–water partition coefficient (Wildman–Crippen LogP) is 5.01. The van der Waals surface area contributed by atoms with Gasteiger partial charge in [-0.2, -0.15) is 0 Å². The summed E-state index contributed by atoms with van der Waals surface area (Å²) >= 11 is 6.56. The zero-order valence-electron chi connectivity index (χ0n) is 25.8. The van der Waals surface area contributed by atoms with E-state index in [0.29, 0.717) is 67.4 Å². The first kappa shape index (κ1) is 32.7. The van der Waals surface area contributed by atoms with E-state index in [2.05, 4.69) is 13.2 Å². The van der Waals surface area contributed by atoms with Gasteiger partial charge in [-0.15, -0.1) is 13.2 Å². The van der Waals surface area contributed by atoms with Gasteiger partial charge in [0, 0.05) is 31.9 Å². The highest BCUT2D eigenvalue weighted by Crippen LogP contribution is 2.59. The Kier molecular flexibility index (Phi) is 10.3. The van der Waals surface area contributed by atoms with Crippen LogP contribution in [0, 0.1) is 11.8 Å². The van der Waals surface area contributed by atoms with Crippen LogP contribution in [0.1, 0.15) is 39.0 Å². The fourth-order valence-corrected chi connectivity index (χ4v) is 7.54. The first-order valence-electron chi connectivity index (χ1n) is 15.7. The quantitative estimate of drug-likeness (QED) is 0.218. The molecule has 45 heavy (non-hydrogen) atoms. The van der Waals surface area contributed by atoms with E-state index in [1.807, 2.05) is 31.2 Å². The van der Waals surface area contributed by atoms with Crippen molar-refractivity contribution in [2.24, 2.45) is 11.8 Å². The molecule has 3 amide bonds. The maximum absolute atomic E-state index is 14.7. The third kappa shape index (κ3) is 6.01. The number of aliphatic hydroxyl groups is 1. The monoisotopic (exact) mass is 635 g/mol. The smallest absolute Gasteiger partial charge is 0.253 e. The van der Waals surface area contributed by atoms with Crippen LogP contribution in [0.4, 0.5) is 11.4 Å². The number of rotatable bonds is 15. The van der Waals surface area contributed by atoms with Gasteiger partial charge >= 0.3 is 0 Å². The van der Waals surface area contributed by atoms with Crippen LogP contribution in [-0.2, 0) is 19.1 Å². The van der Waals surface area contributed by atoms with Crippen molar-refractivity contribution in [2.45, 2.75) is 56.8 Å². The molecule has 9 nitrogen and oxygen atoms in total. The molecule has 240 valence electrons. The summed E-state index contributed by atoms with van der Waals surface area (Å²) in [4.78, 5) is 48.4. The summed E-state index contributed by atoms with van der Waals surface area (Å²) in [5, 5.41) is 9.74.